The van der Waals surface area contributed by atoms with Crippen molar-refractivity contribution in [3.63, 3.8) is 0 Å². The van der Waals surface area contributed by atoms with E-state index in [0.717, 1.165) is 29.4 Å². The number of nitrogens with one attached hydrogen (secondary N) is 2. The first-order valence-electron chi connectivity index (χ1n) is 8.38. The van der Waals surface area contributed by atoms with Crippen LogP contribution in [0.1, 0.15) is 35.5 Å². The van der Waals surface area contributed by atoms with Crippen LogP contribution in [-0.2, 0) is 12.8 Å². The van der Waals surface area contributed by atoms with Gasteiger partial charge in [0, 0.05) is 16.2 Å². The minimum absolute atomic E-state index is 0.166. The molecule has 6 nitrogen and oxygen atoms in total. The van der Waals surface area contributed by atoms with Gasteiger partial charge in [0.25, 0.3) is 0 Å². The highest BCUT2D eigenvalue weighted by atomic mass is 32.2. The Morgan fingerprint density at radius 2 is 2.38 bits per heavy atom. The average Bonchev–Trinajstić information content (AvgIpc) is 3.27. The Morgan fingerprint density at radius 3 is 3.25 bits per heavy atom. The molecule has 1 unspecified atom stereocenters. The number of aromatic nitrogens is 3. The van der Waals surface area contributed by atoms with Crippen LogP contribution in [0.15, 0.2) is 17.8 Å². The van der Waals surface area contributed by atoms with Gasteiger partial charge in [0.2, 0.25) is 5.95 Å². The standard InChI is InChI=1S/C16H20N6S2/c1-3-6-23-16-20-19-15-21(16)14-12(13-17-8-18-22(13)15)10-7-9(2)4-5-11(10)24-14/h3,9,13,17-18H,1,4-8H2,2H3/t9-,13?/m1/s1. The maximum Gasteiger partial charge on any atom is 0.249 e. The Labute approximate surface area is 149 Å². The molecule has 0 bridgehead atoms. The number of thioether (sulfide) groups is 1. The van der Waals surface area contributed by atoms with Crippen molar-refractivity contribution in [1.82, 2.24) is 25.5 Å². The number of anilines is 1. The topological polar surface area (TPSA) is 58.0 Å². The molecule has 1 fully saturated rings. The van der Waals surface area contributed by atoms with Gasteiger partial charge in [0.15, 0.2) is 5.16 Å². The average molecular weight is 361 g/mol. The SMILES string of the molecule is C=CCSc1nnc2n1-c1sc3c(c1C1NCNN21)C[C@H](C)CC3. The lowest BCUT2D eigenvalue weighted by Gasteiger charge is -2.31. The third kappa shape index (κ3) is 2.03. The summed E-state index contributed by atoms with van der Waals surface area (Å²) in [6.07, 6.45) is 5.75. The molecule has 5 rings (SSSR count). The zero-order valence-electron chi connectivity index (χ0n) is 13.6. The summed E-state index contributed by atoms with van der Waals surface area (Å²) in [6, 6.07) is 0. The third-order valence-corrected chi connectivity index (χ3v) is 7.19. The fourth-order valence-corrected chi connectivity index (χ4v) is 5.96. The lowest BCUT2D eigenvalue weighted by molar-refractivity contribution is 0.495. The third-order valence-electron chi connectivity index (χ3n) is 4.97. The zero-order chi connectivity index (χ0) is 16.3. The fraction of sp³-hybridized carbons (Fsp3) is 0.500. The Balaban J connectivity index is 1.71. The highest BCUT2D eigenvalue weighted by Gasteiger charge is 2.42. The second-order valence-electron chi connectivity index (χ2n) is 6.60. The highest BCUT2D eigenvalue weighted by molar-refractivity contribution is 7.99. The van der Waals surface area contributed by atoms with Crippen LogP contribution in [-0.4, -0.2) is 27.2 Å². The van der Waals surface area contributed by atoms with Crippen molar-refractivity contribution in [3.05, 3.63) is 28.7 Å². The van der Waals surface area contributed by atoms with E-state index in [1.807, 2.05) is 17.4 Å². The Bertz CT molecular complexity index is 810. The van der Waals surface area contributed by atoms with Gasteiger partial charge in [-0.25, -0.2) is 9.99 Å². The minimum Gasteiger partial charge on any atom is -0.278 e. The van der Waals surface area contributed by atoms with Crippen LogP contribution in [0, 0.1) is 5.92 Å². The maximum absolute atomic E-state index is 4.46. The predicted molar refractivity (Wildman–Crippen MR) is 97.7 cm³/mol. The van der Waals surface area contributed by atoms with E-state index in [0.29, 0.717) is 0 Å². The fourth-order valence-electron chi connectivity index (χ4n) is 3.86. The molecule has 1 saturated heterocycles. The Hall–Kier alpha value is -1.35. The van der Waals surface area contributed by atoms with Crippen LogP contribution in [0.5, 0.6) is 0 Å². The molecule has 4 heterocycles. The molecule has 0 spiro atoms. The molecule has 1 aliphatic carbocycles. The smallest absolute Gasteiger partial charge is 0.249 e. The zero-order valence-corrected chi connectivity index (χ0v) is 15.2. The van der Waals surface area contributed by atoms with Crippen molar-refractivity contribution >= 4 is 29.0 Å². The van der Waals surface area contributed by atoms with Gasteiger partial charge >= 0.3 is 0 Å². The molecule has 2 aromatic heterocycles. The van der Waals surface area contributed by atoms with Crippen LogP contribution >= 0.6 is 23.1 Å². The van der Waals surface area contributed by atoms with Gasteiger partial charge in [-0.3, -0.25) is 10.3 Å². The summed E-state index contributed by atoms with van der Waals surface area (Å²) in [7, 11) is 0. The maximum atomic E-state index is 4.46. The van der Waals surface area contributed by atoms with Gasteiger partial charge in [-0.05, 0) is 30.7 Å². The predicted octanol–water partition coefficient (Wildman–Crippen LogP) is 2.62. The van der Waals surface area contributed by atoms with E-state index < -0.39 is 0 Å². The molecule has 2 N–H and O–H groups in total. The number of aryl methyl sites for hydroxylation is 1. The van der Waals surface area contributed by atoms with E-state index in [1.54, 1.807) is 22.2 Å². The van der Waals surface area contributed by atoms with Gasteiger partial charge in [0.05, 0.1) is 6.67 Å². The van der Waals surface area contributed by atoms with Gasteiger partial charge in [-0.15, -0.1) is 28.1 Å². The van der Waals surface area contributed by atoms with Gasteiger partial charge < -0.3 is 0 Å². The molecule has 3 aliphatic rings. The summed E-state index contributed by atoms with van der Waals surface area (Å²) in [5.41, 5.74) is 6.39. The summed E-state index contributed by atoms with van der Waals surface area (Å²) in [6.45, 7) is 6.94. The number of hydrogen-bond acceptors (Lipinski definition) is 7. The lowest BCUT2D eigenvalue weighted by atomic mass is 9.87. The molecule has 2 atom stereocenters. The van der Waals surface area contributed by atoms with E-state index in [9.17, 15) is 0 Å². The first kappa shape index (κ1) is 14.9. The molecule has 2 aromatic rings. The first-order valence-corrected chi connectivity index (χ1v) is 10.2. The van der Waals surface area contributed by atoms with E-state index in [4.69, 9.17) is 0 Å². The molecule has 2 aliphatic heterocycles. The van der Waals surface area contributed by atoms with Crippen molar-refractivity contribution in [2.75, 3.05) is 17.4 Å². The van der Waals surface area contributed by atoms with E-state index >= 15 is 0 Å². The summed E-state index contributed by atoms with van der Waals surface area (Å²) in [5, 5.41) is 16.9. The van der Waals surface area contributed by atoms with Crippen LogP contribution in [0.4, 0.5) is 5.95 Å². The minimum atomic E-state index is 0.166. The number of fused-ring (bicyclic) bond motifs is 8. The number of hydrazine groups is 1. The van der Waals surface area contributed by atoms with Crippen LogP contribution < -0.4 is 15.8 Å². The molecule has 0 saturated carbocycles. The van der Waals surface area contributed by atoms with Gasteiger partial charge in [-0.1, -0.05) is 24.8 Å². The van der Waals surface area contributed by atoms with Crippen LogP contribution in [0.3, 0.4) is 0 Å². The molecule has 126 valence electrons. The van der Waals surface area contributed by atoms with Crippen LogP contribution in [0.25, 0.3) is 5.00 Å². The number of rotatable bonds is 3. The normalized spacial score (nSPS) is 24.3. The monoisotopic (exact) mass is 360 g/mol. The summed E-state index contributed by atoms with van der Waals surface area (Å²) in [5.74, 6) is 2.48. The Morgan fingerprint density at radius 1 is 1.46 bits per heavy atom. The molecule has 0 radical (unpaired) electrons. The molecular weight excluding hydrogens is 340 g/mol. The van der Waals surface area contributed by atoms with Crippen molar-refractivity contribution in [2.45, 2.75) is 37.5 Å². The highest BCUT2D eigenvalue weighted by Crippen LogP contribution is 2.48. The number of nitrogens with zero attached hydrogens (tertiary/aromatic N) is 4. The van der Waals surface area contributed by atoms with Crippen molar-refractivity contribution in [3.8, 4) is 5.00 Å². The van der Waals surface area contributed by atoms with Gasteiger partial charge in [0.1, 0.15) is 11.2 Å². The van der Waals surface area contributed by atoms with Crippen molar-refractivity contribution in [1.29, 1.82) is 0 Å². The van der Waals surface area contributed by atoms with E-state index in [1.165, 1.54) is 29.8 Å². The van der Waals surface area contributed by atoms with E-state index in [2.05, 4.69) is 44.0 Å². The molecule has 0 amide bonds. The number of thiophene rings is 1. The molecule has 0 aromatic carbocycles. The largest absolute Gasteiger partial charge is 0.278 e. The quantitative estimate of drug-likeness (QED) is 0.648. The molecule has 8 heteroatoms. The summed E-state index contributed by atoms with van der Waals surface area (Å²) >= 11 is 3.62. The second-order valence-corrected chi connectivity index (χ2v) is 8.67. The molecular formula is C16H20N6S2. The summed E-state index contributed by atoms with van der Waals surface area (Å²) < 4.78 is 2.23. The number of hydrogen-bond donors (Lipinski definition) is 2. The van der Waals surface area contributed by atoms with E-state index in [-0.39, 0.29) is 6.17 Å². The van der Waals surface area contributed by atoms with Crippen molar-refractivity contribution < 1.29 is 0 Å². The Kier molecular flexibility index (Phi) is 3.48. The lowest BCUT2D eigenvalue weighted by Crippen LogP contribution is -2.39. The molecule has 24 heavy (non-hydrogen) atoms. The first-order chi connectivity index (χ1) is 11.8. The van der Waals surface area contributed by atoms with Crippen LogP contribution in [0.2, 0.25) is 0 Å². The summed E-state index contributed by atoms with van der Waals surface area (Å²) in [4.78, 5) is 1.55. The van der Waals surface area contributed by atoms with Crippen molar-refractivity contribution in [2.24, 2.45) is 5.92 Å². The van der Waals surface area contributed by atoms with Gasteiger partial charge in [-0.2, -0.15) is 0 Å². The second kappa shape index (κ2) is 5.59.